The largest absolute Gasteiger partial charge is 2.00 e. The molecule has 0 aliphatic heterocycles. The van der Waals surface area contributed by atoms with Crippen molar-refractivity contribution in [2.75, 3.05) is 0 Å². The predicted octanol–water partition coefficient (Wildman–Crippen LogP) is -3.30. The molecule has 0 saturated heterocycles. The van der Waals surface area contributed by atoms with E-state index in [1.165, 1.54) is 0 Å². The Kier molecular flexibility index (Phi) is 3.09. The molecular formula is C8H14N2O4Pt. The van der Waals surface area contributed by atoms with E-state index in [1.807, 2.05) is 0 Å². The monoisotopic (exact) mass is 407 g/mol. The molecule has 0 heterocycles. The molecule has 7 heteroatoms. The van der Waals surface area contributed by atoms with Crippen LogP contribution in [0.5, 0.6) is 0 Å². The molecule has 1 saturated carbocycles. The maximum absolute atomic E-state index is 8.93. The van der Waals surface area contributed by atoms with Crippen molar-refractivity contribution in [3.63, 3.8) is 0 Å². The molecule has 0 radical (unpaired) electrons. The normalized spacial score (nSPS) is 57.2. The summed E-state index contributed by atoms with van der Waals surface area (Å²) in [6, 6.07) is -6.34. The molecular weight excluding hydrogens is 383 g/mol. The average molecular weight is 407 g/mol. The zero-order valence-electron chi connectivity index (χ0n) is 17.1. The van der Waals surface area contributed by atoms with Crippen LogP contribution in [0.15, 0.2) is 0 Å². The quantitative estimate of drug-likeness (QED) is 0.405. The topological polar surface area (TPSA) is 132 Å². The van der Waals surface area contributed by atoms with E-state index in [4.69, 9.17) is 45.0 Å². The number of carbonyl (C=O) groups is 2. The Morgan fingerprint density at radius 1 is 1.13 bits per heavy atom. The molecule has 90 valence electrons. The van der Waals surface area contributed by atoms with E-state index in [1.54, 1.807) is 0 Å². The summed E-state index contributed by atoms with van der Waals surface area (Å²) in [5.74, 6) is -4.37. The fraction of sp³-hybridized carbons (Fsp3) is 0.750. The molecule has 1 aliphatic rings. The van der Waals surface area contributed by atoms with Gasteiger partial charge in [-0.05, 0) is 12.7 Å². The molecule has 1 aliphatic carbocycles. The standard InChI is InChI=1S/C6H14N2.C2H2O4.Pt/c7-5-3-1-2-4-6(5)8;3-1(4)2(5)6;/h5-6H,1-4,7-8H2;(H,3,4)(H,5,6);/q;;+2/p-2/t5-,6-;;/m1../s1/i1D2,2D2,3D2,4D2,5D,6D;;. The summed E-state index contributed by atoms with van der Waals surface area (Å²) in [5.41, 5.74) is 10.5. The third-order valence-electron chi connectivity index (χ3n) is 0.914. The SMILES string of the molecule is O=C([O-])C(=O)[O-].[2H]C1([2H])C([2H])([2H])C([2H])([2H])[C@@]([2H])(N)[C@]([2H])(N)C1([2H])[2H].[Pt+2]. The van der Waals surface area contributed by atoms with Crippen LogP contribution in [0.3, 0.4) is 0 Å². The summed E-state index contributed by atoms with van der Waals surface area (Å²) in [5, 5.41) is 17.9. The number of carboxylic acids is 2. The summed E-state index contributed by atoms with van der Waals surface area (Å²) >= 11 is 0. The van der Waals surface area contributed by atoms with Gasteiger partial charge in [0.2, 0.25) is 0 Å². The molecule has 6 nitrogen and oxygen atoms in total. The van der Waals surface area contributed by atoms with Crippen molar-refractivity contribution in [1.82, 2.24) is 0 Å². The van der Waals surface area contributed by atoms with E-state index in [-0.39, 0.29) is 21.1 Å². The summed E-state index contributed by atoms with van der Waals surface area (Å²) < 4.78 is 74.9. The first-order valence-electron chi connectivity index (χ1n) is 8.14. The number of nitrogens with two attached hydrogens (primary N) is 2. The first kappa shape index (κ1) is 5.25. The Morgan fingerprint density at radius 3 is 1.60 bits per heavy atom. The maximum atomic E-state index is 8.93. The average Bonchev–Trinajstić information content (AvgIpc) is 2.36. The van der Waals surface area contributed by atoms with Gasteiger partial charge in [-0.15, -0.1) is 0 Å². The summed E-state index contributed by atoms with van der Waals surface area (Å²) in [4.78, 5) is 17.9. The first-order chi connectivity index (χ1) is 10.1. The molecule has 1 fully saturated rings. The molecule has 0 aromatic carbocycles. The van der Waals surface area contributed by atoms with Crippen molar-refractivity contribution in [1.29, 1.82) is 0 Å². The molecule has 0 bridgehead atoms. The fourth-order valence-electron chi connectivity index (χ4n) is 0.332. The molecule has 2 atom stereocenters. The van der Waals surface area contributed by atoms with Gasteiger partial charge in [0.1, 0.15) is 0 Å². The van der Waals surface area contributed by atoms with Gasteiger partial charge in [0, 0.05) is 25.7 Å². The molecule has 0 aromatic rings. The third-order valence-corrected chi connectivity index (χ3v) is 0.914. The van der Waals surface area contributed by atoms with Crippen LogP contribution in [0.1, 0.15) is 39.2 Å². The van der Waals surface area contributed by atoms with Gasteiger partial charge in [0.25, 0.3) is 0 Å². The summed E-state index contributed by atoms with van der Waals surface area (Å²) in [6.07, 6.45) is -13.6. The van der Waals surface area contributed by atoms with Gasteiger partial charge in [-0.25, -0.2) is 0 Å². The van der Waals surface area contributed by atoms with E-state index >= 15 is 0 Å². The van der Waals surface area contributed by atoms with Gasteiger partial charge in [-0.2, -0.15) is 0 Å². The summed E-state index contributed by atoms with van der Waals surface area (Å²) in [7, 11) is 0. The van der Waals surface area contributed by atoms with Gasteiger partial charge < -0.3 is 31.3 Å². The van der Waals surface area contributed by atoms with Gasteiger partial charge in [-0.1, -0.05) is 12.7 Å². The Hall–Kier alpha value is -0.452. The minimum Gasteiger partial charge on any atom is -0.543 e. The van der Waals surface area contributed by atoms with Crippen molar-refractivity contribution in [3.8, 4) is 0 Å². The predicted molar refractivity (Wildman–Crippen MR) is 44.4 cm³/mol. The smallest absolute Gasteiger partial charge is 0.543 e. The number of carbonyl (C=O) groups excluding carboxylic acids is 2. The fourth-order valence-corrected chi connectivity index (χ4v) is 0.332. The second-order valence-electron chi connectivity index (χ2n) is 1.90. The van der Waals surface area contributed by atoms with Crippen LogP contribution in [-0.2, 0) is 30.7 Å². The van der Waals surface area contributed by atoms with E-state index in [0.29, 0.717) is 0 Å². The van der Waals surface area contributed by atoms with E-state index in [2.05, 4.69) is 0 Å². The molecule has 0 amide bonds. The van der Waals surface area contributed by atoms with Crippen LogP contribution in [0.2, 0.25) is 0 Å². The summed E-state index contributed by atoms with van der Waals surface area (Å²) in [6.45, 7) is 0. The van der Waals surface area contributed by atoms with Crippen molar-refractivity contribution in [3.05, 3.63) is 0 Å². The second-order valence-corrected chi connectivity index (χ2v) is 1.90. The maximum Gasteiger partial charge on any atom is 2.00 e. The number of carboxylic acid groups (broad SMARTS) is 2. The van der Waals surface area contributed by atoms with Crippen molar-refractivity contribution >= 4 is 11.9 Å². The van der Waals surface area contributed by atoms with Crippen LogP contribution < -0.4 is 21.7 Å². The number of hydrogen-bond donors (Lipinski definition) is 2. The van der Waals surface area contributed by atoms with Crippen molar-refractivity contribution in [2.45, 2.75) is 37.5 Å². The van der Waals surface area contributed by atoms with Crippen molar-refractivity contribution in [2.24, 2.45) is 11.5 Å². The Labute approximate surface area is 116 Å². The minimum atomic E-state index is -3.43. The molecule has 0 aromatic heterocycles. The Morgan fingerprint density at radius 2 is 1.40 bits per heavy atom. The Bertz CT molecular complexity index is 424. The number of hydrogen-bond acceptors (Lipinski definition) is 6. The van der Waals surface area contributed by atoms with E-state index < -0.39 is 49.5 Å². The second kappa shape index (κ2) is 8.82. The third kappa shape index (κ3) is 8.54. The molecule has 0 unspecified atom stereocenters. The first-order valence-corrected chi connectivity index (χ1v) is 3.14. The minimum absolute atomic E-state index is 0. The van der Waals surface area contributed by atoms with Gasteiger partial charge in [0.05, 0.1) is 11.9 Å². The molecule has 0 spiro atoms. The van der Waals surface area contributed by atoms with E-state index in [9.17, 15) is 0 Å². The molecule has 1 rings (SSSR count). The van der Waals surface area contributed by atoms with Gasteiger partial charge >= 0.3 is 21.1 Å². The van der Waals surface area contributed by atoms with Gasteiger partial charge in [0.15, 0.2) is 0 Å². The number of rotatable bonds is 0. The van der Waals surface area contributed by atoms with Crippen LogP contribution in [0.25, 0.3) is 0 Å². The van der Waals surface area contributed by atoms with Crippen LogP contribution in [0, 0.1) is 0 Å². The zero-order valence-corrected chi connectivity index (χ0v) is 9.38. The van der Waals surface area contributed by atoms with Gasteiger partial charge in [-0.3, -0.25) is 0 Å². The molecule has 4 N–H and O–H groups in total. The van der Waals surface area contributed by atoms with Crippen LogP contribution in [-0.4, -0.2) is 24.0 Å². The van der Waals surface area contributed by atoms with Crippen LogP contribution >= 0.6 is 0 Å². The van der Waals surface area contributed by atoms with Crippen LogP contribution in [0.4, 0.5) is 0 Å². The van der Waals surface area contributed by atoms with Crippen molar-refractivity contribution < 1.29 is 54.6 Å². The van der Waals surface area contributed by atoms with E-state index in [0.717, 1.165) is 0 Å². The zero-order chi connectivity index (χ0) is 20.2. The number of aliphatic carboxylic acids is 2. The Balaban J connectivity index is 0. The molecule has 15 heavy (non-hydrogen) atoms.